The first-order valence-electron chi connectivity index (χ1n) is 5.34. The summed E-state index contributed by atoms with van der Waals surface area (Å²) in [4.78, 5) is 0. The molecule has 0 bridgehead atoms. The minimum atomic E-state index is -4.47. The number of benzene rings is 1. The second-order valence-electron chi connectivity index (χ2n) is 4.04. The largest absolute Gasteiger partial charge is 0.418 e. The van der Waals surface area contributed by atoms with Crippen LogP contribution in [-0.4, -0.2) is 15.0 Å². The van der Waals surface area contributed by atoms with Crippen molar-refractivity contribution in [3.63, 3.8) is 0 Å². The van der Waals surface area contributed by atoms with Crippen molar-refractivity contribution in [3.05, 3.63) is 40.1 Å². The number of nitrogens with two attached hydrogens (primary N) is 1. The molecule has 0 radical (unpaired) electrons. The topological polar surface area (TPSA) is 56.7 Å². The Morgan fingerprint density at radius 3 is 2.58 bits per heavy atom. The van der Waals surface area contributed by atoms with E-state index in [1.807, 2.05) is 0 Å². The maximum atomic E-state index is 13.0. The second kappa shape index (κ2) is 4.93. The molecule has 1 atom stereocenters. The second-order valence-corrected chi connectivity index (χ2v) is 4.95. The van der Waals surface area contributed by atoms with Gasteiger partial charge in [0.05, 0.1) is 23.1 Å². The van der Waals surface area contributed by atoms with Gasteiger partial charge in [0.25, 0.3) is 0 Å². The van der Waals surface area contributed by atoms with Gasteiger partial charge >= 0.3 is 6.18 Å². The molecule has 0 spiro atoms. The average molecular weight is 335 g/mol. The van der Waals surface area contributed by atoms with E-state index in [0.717, 1.165) is 10.7 Å². The van der Waals surface area contributed by atoms with Gasteiger partial charge in [0.2, 0.25) is 0 Å². The molecule has 2 aromatic rings. The molecule has 1 heterocycles. The van der Waals surface area contributed by atoms with Crippen LogP contribution in [0.15, 0.2) is 28.9 Å². The molecule has 1 aromatic heterocycles. The van der Waals surface area contributed by atoms with Crippen molar-refractivity contribution in [2.45, 2.75) is 19.1 Å². The zero-order chi connectivity index (χ0) is 14.2. The lowest BCUT2D eigenvalue weighted by molar-refractivity contribution is -0.137. The molecule has 2 rings (SSSR count). The molecule has 19 heavy (non-hydrogen) atoms. The summed E-state index contributed by atoms with van der Waals surface area (Å²) < 4.78 is 40.3. The van der Waals surface area contributed by atoms with Crippen molar-refractivity contribution < 1.29 is 13.2 Å². The Morgan fingerprint density at radius 1 is 1.37 bits per heavy atom. The third kappa shape index (κ3) is 2.95. The maximum Gasteiger partial charge on any atom is 0.418 e. The molecule has 2 N–H and O–H groups in total. The van der Waals surface area contributed by atoms with Gasteiger partial charge in [-0.15, -0.1) is 5.10 Å². The van der Waals surface area contributed by atoms with Gasteiger partial charge in [-0.2, -0.15) is 13.2 Å². The fraction of sp³-hybridized carbons (Fsp3) is 0.273. The summed E-state index contributed by atoms with van der Waals surface area (Å²) in [6.45, 7) is 1.68. The summed E-state index contributed by atoms with van der Waals surface area (Å²) in [5, 5.41) is 7.43. The van der Waals surface area contributed by atoms with Gasteiger partial charge in [0.1, 0.15) is 0 Å². The summed E-state index contributed by atoms with van der Waals surface area (Å²) in [5.41, 5.74) is 5.16. The standard InChI is InChI=1S/C11H10BrF3N4/c1-6(16)9-5-19(18-17-9)10-3-2-7(12)4-8(10)11(13,14)15/h2-6H,16H2,1H3. The van der Waals surface area contributed by atoms with E-state index < -0.39 is 17.8 Å². The first kappa shape index (κ1) is 14.0. The van der Waals surface area contributed by atoms with Crippen molar-refractivity contribution in [1.29, 1.82) is 0 Å². The van der Waals surface area contributed by atoms with E-state index in [1.165, 1.54) is 18.3 Å². The molecule has 102 valence electrons. The maximum absolute atomic E-state index is 13.0. The molecule has 1 aromatic carbocycles. The number of halogens is 4. The van der Waals surface area contributed by atoms with Gasteiger partial charge in [-0.25, -0.2) is 4.68 Å². The van der Waals surface area contributed by atoms with Crippen LogP contribution < -0.4 is 5.73 Å². The lowest BCUT2D eigenvalue weighted by Gasteiger charge is -2.12. The Morgan fingerprint density at radius 2 is 2.05 bits per heavy atom. The van der Waals surface area contributed by atoms with E-state index in [1.54, 1.807) is 6.92 Å². The van der Waals surface area contributed by atoms with E-state index in [-0.39, 0.29) is 5.69 Å². The van der Waals surface area contributed by atoms with Gasteiger partial charge in [0.15, 0.2) is 0 Å². The fourth-order valence-electron chi connectivity index (χ4n) is 1.54. The van der Waals surface area contributed by atoms with E-state index in [4.69, 9.17) is 5.73 Å². The molecule has 0 aliphatic heterocycles. The van der Waals surface area contributed by atoms with Crippen LogP contribution in [0.4, 0.5) is 13.2 Å². The first-order valence-corrected chi connectivity index (χ1v) is 6.13. The molecular formula is C11H10BrF3N4. The van der Waals surface area contributed by atoms with Crippen LogP contribution in [0, 0.1) is 0 Å². The third-order valence-electron chi connectivity index (χ3n) is 2.49. The summed E-state index contributed by atoms with van der Waals surface area (Å²) in [5.74, 6) is 0. The van der Waals surface area contributed by atoms with Gasteiger partial charge in [0, 0.05) is 10.5 Å². The zero-order valence-corrected chi connectivity index (χ0v) is 11.4. The number of hydrogen-bond donors (Lipinski definition) is 1. The summed E-state index contributed by atoms with van der Waals surface area (Å²) in [7, 11) is 0. The van der Waals surface area contributed by atoms with Crippen LogP contribution in [-0.2, 0) is 6.18 Å². The number of alkyl halides is 3. The predicted molar refractivity (Wildman–Crippen MR) is 66.7 cm³/mol. The third-order valence-corrected chi connectivity index (χ3v) is 2.98. The van der Waals surface area contributed by atoms with Gasteiger partial charge in [-0.3, -0.25) is 0 Å². The SMILES string of the molecule is CC(N)c1cn(-c2ccc(Br)cc2C(F)(F)F)nn1. The van der Waals surface area contributed by atoms with Crippen LogP contribution >= 0.6 is 15.9 Å². The number of nitrogens with zero attached hydrogens (tertiary/aromatic N) is 3. The lowest BCUT2D eigenvalue weighted by Crippen LogP contribution is -2.11. The highest BCUT2D eigenvalue weighted by atomic mass is 79.9. The molecule has 0 amide bonds. The Bertz CT molecular complexity index is 592. The quantitative estimate of drug-likeness (QED) is 0.918. The van der Waals surface area contributed by atoms with Crippen LogP contribution in [0.5, 0.6) is 0 Å². The molecule has 0 aliphatic carbocycles. The highest BCUT2D eigenvalue weighted by Crippen LogP contribution is 2.35. The fourth-order valence-corrected chi connectivity index (χ4v) is 1.90. The summed E-state index contributed by atoms with van der Waals surface area (Å²) >= 11 is 3.02. The molecule has 0 saturated heterocycles. The highest BCUT2D eigenvalue weighted by Gasteiger charge is 2.34. The number of rotatable bonds is 2. The minimum Gasteiger partial charge on any atom is -0.323 e. The molecular weight excluding hydrogens is 325 g/mol. The molecule has 0 saturated carbocycles. The van der Waals surface area contributed by atoms with E-state index in [2.05, 4.69) is 26.2 Å². The number of aromatic nitrogens is 3. The summed E-state index contributed by atoms with van der Waals surface area (Å²) in [6.07, 6.45) is -3.08. The lowest BCUT2D eigenvalue weighted by atomic mass is 10.1. The minimum absolute atomic E-state index is 0.0879. The Balaban J connectivity index is 2.55. The molecule has 0 aliphatic rings. The van der Waals surface area contributed by atoms with Crippen LogP contribution in [0.2, 0.25) is 0 Å². The van der Waals surface area contributed by atoms with Crippen molar-refractivity contribution in [2.75, 3.05) is 0 Å². The molecule has 0 fully saturated rings. The Kier molecular flexibility index (Phi) is 3.64. The van der Waals surface area contributed by atoms with E-state index in [9.17, 15) is 13.2 Å². The van der Waals surface area contributed by atoms with Crippen molar-refractivity contribution >= 4 is 15.9 Å². The van der Waals surface area contributed by atoms with Crippen molar-refractivity contribution in [1.82, 2.24) is 15.0 Å². The highest BCUT2D eigenvalue weighted by molar-refractivity contribution is 9.10. The van der Waals surface area contributed by atoms with Crippen molar-refractivity contribution in [2.24, 2.45) is 5.73 Å². The number of hydrogen-bond acceptors (Lipinski definition) is 3. The molecule has 8 heteroatoms. The molecule has 1 unspecified atom stereocenters. The van der Waals surface area contributed by atoms with Gasteiger partial charge in [-0.1, -0.05) is 21.1 Å². The van der Waals surface area contributed by atoms with Crippen LogP contribution in [0.25, 0.3) is 5.69 Å². The Labute approximate surface area is 115 Å². The monoisotopic (exact) mass is 334 g/mol. The van der Waals surface area contributed by atoms with Crippen LogP contribution in [0.1, 0.15) is 24.2 Å². The van der Waals surface area contributed by atoms with Gasteiger partial charge < -0.3 is 5.73 Å². The predicted octanol–water partition coefficient (Wildman–Crippen LogP) is 3.07. The normalized spacial score (nSPS) is 13.6. The molecule has 4 nitrogen and oxygen atoms in total. The van der Waals surface area contributed by atoms with E-state index >= 15 is 0 Å². The average Bonchev–Trinajstić information content (AvgIpc) is 2.77. The first-order chi connectivity index (χ1) is 8.79. The smallest absolute Gasteiger partial charge is 0.323 e. The van der Waals surface area contributed by atoms with Crippen LogP contribution in [0.3, 0.4) is 0 Å². The Hall–Kier alpha value is -1.41. The van der Waals surface area contributed by atoms with Gasteiger partial charge in [-0.05, 0) is 25.1 Å². The van der Waals surface area contributed by atoms with Crippen molar-refractivity contribution in [3.8, 4) is 5.69 Å². The summed E-state index contributed by atoms with van der Waals surface area (Å²) in [6, 6.07) is 3.45. The van der Waals surface area contributed by atoms with E-state index in [0.29, 0.717) is 10.2 Å². The zero-order valence-electron chi connectivity index (χ0n) is 9.82.